The largest absolute Gasteiger partial charge is 0.497 e. The topological polar surface area (TPSA) is 92.3 Å². The van der Waals surface area contributed by atoms with Crippen LogP contribution in [0.3, 0.4) is 0 Å². The molecule has 3 rings (SSSR count). The molecule has 1 aromatic heterocycles. The van der Waals surface area contributed by atoms with Gasteiger partial charge in [0.05, 0.1) is 18.5 Å². The van der Waals surface area contributed by atoms with Crippen molar-refractivity contribution in [2.75, 3.05) is 23.1 Å². The fourth-order valence-electron chi connectivity index (χ4n) is 2.62. The molecule has 0 spiro atoms. The molecule has 0 saturated carbocycles. The van der Waals surface area contributed by atoms with E-state index in [1.54, 1.807) is 19.2 Å². The fraction of sp³-hybridized carbons (Fsp3) is 0.150. The van der Waals surface area contributed by atoms with Crippen molar-refractivity contribution < 1.29 is 14.3 Å². The lowest BCUT2D eigenvalue weighted by molar-refractivity contribution is -0.115. The third kappa shape index (κ3) is 4.86. The minimum atomic E-state index is -0.203. The molecule has 8 heteroatoms. The predicted octanol–water partition coefficient (Wildman–Crippen LogP) is 4.48. The molecule has 3 N–H and O–H groups in total. The minimum Gasteiger partial charge on any atom is -0.497 e. The number of nitrogens with zero attached hydrogens (tertiary/aromatic N) is 1. The Kier molecular flexibility index (Phi) is 5.90. The van der Waals surface area contributed by atoms with Gasteiger partial charge in [0, 0.05) is 42.2 Å². The summed E-state index contributed by atoms with van der Waals surface area (Å²) in [6, 6.07) is 12.9. The standard InChI is InChI=1S/C20H20N4O3S/c1-12(25)21-15-7-8-17(18(10-15)22-13(2)26)19-11-28-20(24-19)23-14-5-4-6-16(9-14)27-3/h4-11H,1-3H3,(H,21,25)(H,22,26)(H,23,24). The highest BCUT2D eigenvalue weighted by Crippen LogP contribution is 2.34. The molecule has 1 heterocycles. The number of carbonyl (C=O) groups is 2. The number of nitrogens with one attached hydrogen (secondary N) is 3. The van der Waals surface area contributed by atoms with Gasteiger partial charge in [-0.15, -0.1) is 11.3 Å². The molecule has 0 radical (unpaired) electrons. The zero-order valence-electron chi connectivity index (χ0n) is 15.7. The summed E-state index contributed by atoms with van der Waals surface area (Å²) in [6.45, 7) is 2.87. The van der Waals surface area contributed by atoms with Gasteiger partial charge in [0.2, 0.25) is 11.8 Å². The van der Waals surface area contributed by atoms with E-state index < -0.39 is 0 Å². The van der Waals surface area contributed by atoms with Crippen LogP contribution < -0.4 is 20.7 Å². The maximum Gasteiger partial charge on any atom is 0.221 e. The number of hydrogen-bond acceptors (Lipinski definition) is 6. The molecule has 3 aromatic rings. The van der Waals surface area contributed by atoms with Crippen LogP contribution in [0.25, 0.3) is 11.3 Å². The Hall–Kier alpha value is -3.39. The Morgan fingerprint density at radius 2 is 1.79 bits per heavy atom. The van der Waals surface area contributed by atoms with Crippen LogP contribution in [-0.2, 0) is 9.59 Å². The summed E-state index contributed by atoms with van der Waals surface area (Å²) in [5.41, 5.74) is 3.53. The summed E-state index contributed by atoms with van der Waals surface area (Å²) in [5, 5.41) is 11.4. The van der Waals surface area contributed by atoms with Crippen molar-refractivity contribution >= 4 is 45.3 Å². The van der Waals surface area contributed by atoms with Gasteiger partial charge in [0.1, 0.15) is 5.75 Å². The van der Waals surface area contributed by atoms with E-state index in [-0.39, 0.29) is 11.8 Å². The van der Waals surface area contributed by atoms with Gasteiger partial charge in [-0.1, -0.05) is 6.07 Å². The SMILES string of the molecule is COc1cccc(Nc2nc(-c3ccc(NC(C)=O)cc3NC(C)=O)cs2)c1. The molecule has 0 atom stereocenters. The van der Waals surface area contributed by atoms with E-state index in [1.165, 1.54) is 25.2 Å². The summed E-state index contributed by atoms with van der Waals surface area (Å²) in [4.78, 5) is 27.5. The molecule has 28 heavy (non-hydrogen) atoms. The number of methoxy groups -OCH3 is 1. The molecule has 0 bridgehead atoms. The van der Waals surface area contributed by atoms with Gasteiger partial charge in [0.25, 0.3) is 0 Å². The average Bonchev–Trinajstić information content (AvgIpc) is 3.09. The summed E-state index contributed by atoms with van der Waals surface area (Å²) in [6.07, 6.45) is 0. The lowest BCUT2D eigenvalue weighted by Crippen LogP contribution is -2.09. The van der Waals surface area contributed by atoms with Crippen LogP contribution in [0.1, 0.15) is 13.8 Å². The molecular formula is C20H20N4O3S. The third-order valence-electron chi connectivity index (χ3n) is 3.75. The van der Waals surface area contributed by atoms with Crippen molar-refractivity contribution in [1.82, 2.24) is 4.98 Å². The Balaban J connectivity index is 1.88. The lowest BCUT2D eigenvalue weighted by Gasteiger charge is -2.11. The number of carbonyl (C=O) groups excluding carboxylic acids is 2. The van der Waals surface area contributed by atoms with E-state index in [1.807, 2.05) is 35.7 Å². The van der Waals surface area contributed by atoms with Crippen molar-refractivity contribution in [3.63, 3.8) is 0 Å². The van der Waals surface area contributed by atoms with Crippen LogP contribution in [0.2, 0.25) is 0 Å². The van der Waals surface area contributed by atoms with Crippen LogP contribution >= 0.6 is 11.3 Å². The molecule has 144 valence electrons. The van der Waals surface area contributed by atoms with Gasteiger partial charge in [-0.3, -0.25) is 9.59 Å². The molecule has 0 saturated heterocycles. The van der Waals surface area contributed by atoms with E-state index in [2.05, 4.69) is 20.9 Å². The summed E-state index contributed by atoms with van der Waals surface area (Å²) in [5.74, 6) is 0.370. The van der Waals surface area contributed by atoms with Crippen molar-refractivity contribution in [2.24, 2.45) is 0 Å². The van der Waals surface area contributed by atoms with E-state index in [0.29, 0.717) is 22.2 Å². The number of benzene rings is 2. The third-order valence-corrected chi connectivity index (χ3v) is 4.51. The number of ether oxygens (including phenoxy) is 1. The highest BCUT2D eigenvalue weighted by atomic mass is 32.1. The Morgan fingerprint density at radius 3 is 2.50 bits per heavy atom. The number of thiazole rings is 1. The summed E-state index contributed by atoms with van der Waals surface area (Å²) in [7, 11) is 1.62. The normalized spacial score (nSPS) is 10.2. The second-order valence-electron chi connectivity index (χ2n) is 6.02. The van der Waals surface area contributed by atoms with Crippen LogP contribution in [0, 0.1) is 0 Å². The molecular weight excluding hydrogens is 376 g/mol. The van der Waals surface area contributed by atoms with Gasteiger partial charge >= 0.3 is 0 Å². The number of hydrogen-bond donors (Lipinski definition) is 3. The van der Waals surface area contributed by atoms with Gasteiger partial charge in [-0.05, 0) is 30.3 Å². The fourth-order valence-corrected chi connectivity index (χ4v) is 3.35. The zero-order valence-corrected chi connectivity index (χ0v) is 16.5. The van der Waals surface area contributed by atoms with E-state index in [4.69, 9.17) is 4.74 Å². The van der Waals surface area contributed by atoms with E-state index in [0.717, 1.165) is 17.0 Å². The molecule has 0 unspecified atom stereocenters. The molecule has 7 nitrogen and oxygen atoms in total. The first-order valence-corrected chi connectivity index (χ1v) is 9.39. The number of amides is 2. The van der Waals surface area contributed by atoms with Crippen molar-refractivity contribution in [3.8, 4) is 17.0 Å². The highest BCUT2D eigenvalue weighted by Gasteiger charge is 2.12. The minimum absolute atomic E-state index is 0.181. The Labute approximate surface area is 166 Å². The van der Waals surface area contributed by atoms with Crippen molar-refractivity contribution in [3.05, 3.63) is 47.8 Å². The first-order chi connectivity index (χ1) is 13.4. The lowest BCUT2D eigenvalue weighted by atomic mass is 10.1. The first kappa shape index (κ1) is 19.4. The van der Waals surface area contributed by atoms with Crippen LogP contribution in [0.4, 0.5) is 22.2 Å². The molecule has 0 aliphatic heterocycles. The predicted molar refractivity (Wildman–Crippen MR) is 112 cm³/mol. The summed E-state index contributed by atoms with van der Waals surface area (Å²) >= 11 is 1.45. The van der Waals surface area contributed by atoms with E-state index >= 15 is 0 Å². The molecule has 2 amide bonds. The van der Waals surface area contributed by atoms with Crippen LogP contribution in [-0.4, -0.2) is 23.9 Å². The van der Waals surface area contributed by atoms with Gasteiger partial charge in [0.15, 0.2) is 5.13 Å². The van der Waals surface area contributed by atoms with Gasteiger partial charge in [-0.2, -0.15) is 0 Å². The van der Waals surface area contributed by atoms with Gasteiger partial charge in [-0.25, -0.2) is 4.98 Å². The average molecular weight is 396 g/mol. The molecule has 0 fully saturated rings. The second kappa shape index (κ2) is 8.53. The molecule has 2 aromatic carbocycles. The monoisotopic (exact) mass is 396 g/mol. The first-order valence-electron chi connectivity index (χ1n) is 8.51. The Morgan fingerprint density at radius 1 is 1.00 bits per heavy atom. The van der Waals surface area contributed by atoms with Crippen molar-refractivity contribution in [1.29, 1.82) is 0 Å². The molecule has 0 aliphatic rings. The number of aromatic nitrogens is 1. The zero-order chi connectivity index (χ0) is 20.1. The van der Waals surface area contributed by atoms with Crippen LogP contribution in [0.15, 0.2) is 47.8 Å². The van der Waals surface area contributed by atoms with E-state index in [9.17, 15) is 9.59 Å². The highest BCUT2D eigenvalue weighted by molar-refractivity contribution is 7.14. The van der Waals surface area contributed by atoms with Gasteiger partial charge < -0.3 is 20.7 Å². The number of anilines is 4. The quantitative estimate of drug-likeness (QED) is 0.571. The number of rotatable bonds is 6. The summed E-state index contributed by atoms with van der Waals surface area (Å²) < 4.78 is 5.23. The second-order valence-corrected chi connectivity index (χ2v) is 6.88. The maximum atomic E-state index is 11.6. The van der Waals surface area contributed by atoms with Crippen molar-refractivity contribution in [2.45, 2.75) is 13.8 Å². The Bertz CT molecular complexity index is 1020. The maximum absolute atomic E-state index is 11.6. The van der Waals surface area contributed by atoms with Crippen LogP contribution in [0.5, 0.6) is 5.75 Å². The smallest absolute Gasteiger partial charge is 0.221 e. The molecule has 0 aliphatic carbocycles.